The summed E-state index contributed by atoms with van der Waals surface area (Å²) in [6.07, 6.45) is 2.08. The topological polar surface area (TPSA) is 58.5 Å². The number of rotatable bonds is 8. The minimum atomic E-state index is 0.0543. The molecule has 0 fully saturated rings. The molecule has 0 saturated heterocycles. The third-order valence-corrected chi connectivity index (χ3v) is 4.66. The van der Waals surface area contributed by atoms with E-state index in [2.05, 4.69) is 39.0 Å². The van der Waals surface area contributed by atoms with Crippen LogP contribution in [0, 0.1) is 13.8 Å². The van der Waals surface area contributed by atoms with Crippen LogP contribution in [0.15, 0.2) is 34.6 Å². The first-order chi connectivity index (χ1) is 12.1. The molecule has 5 nitrogen and oxygen atoms in total. The maximum Gasteiger partial charge on any atom is 0.191 e. The Morgan fingerprint density at radius 3 is 2.84 bits per heavy atom. The zero-order valence-electron chi connectivity index (χ0n) is 15.5. The smallest absolute Gasteiger partial charge is 0.191 e. The molecule has 25 heavy (non-hydrogen) atoms. The number of benzene rings is 1. The van der Waals surface area contributed by atoms with Crippen molar-refractivity contribution in [1.82, 2.24) is 15.6 Å². The average Bonchev–Trinajstić information content (AvgIpc) is 2.99. The second-order valence-corrected chi connectivity index (χ2v) is 7.05. The molecule has 136 valence electrons. The Kier molecular flexibility index (Phi) is 7.73. The van der Waals surface area contributed by atoms with Crippen molar-refractivity contribution >= 4 is 17.3 Å². The molecule has 1 unspecified atom stereocenters. The van der Waals surface area contributed by atoms with Gasteiger partial charge in [-0.15, -0.1) is 11.3 Å². The minimum Gasteiger partial charge on any atom is -0.489 e. The maximum absolute atomic E-state index is 5.92. The van der Waals surface area contributed by atoms with Gasteiger partial charge in [0.2, 0.25) is 0 Å². The third-order valence-electron chi connectivity index (χ3n) is 3.63. The largest absolute Gasteiger partial charge is 0.489 e. The van der Waals surface area contributed by atoms with E-state index >= 15 is 0 Å². The molecule has 6 heteroatoms. The van der Waals surface area contributed by atoms with E-state index in [4.69, 9.17) is 4.74 Å². The lowest BCUT2D eigenvalue weighted by Gasteiger charge is -2.18. The maximum atomic E-state index is 5.92. The van der Waals surface area contributed by atoms with Crippen LogP contribution in [0.5, 0.6) is 5.75 Å². The van der Waals surface area contributed by atoms with Crippen molar-refractivity contribution in [3.63, 3.8) is 0 Å². The van der Waals surface area contributed by atoms with Gasteiger partial charge in [-0.05, 0) is 44.9 Å². The molecule has 2 aromatic rings. The molecule has 2 rings (SSSR count). The van der Waals surface area contributed by atoms with Crippen LogP contribution in [-0.2, 0) is 6.42 Å². The van der Waals surface area contributed by atoms with Gasteiger partial charge in [-0.3, -0.25) is 4.99 Å². The number of nitrogens with one attached hydrogen (secondary N) is 2. The molecule has 1 aromatic carbocycles. The molecule has 1 heterocycles. The van der Waals surface area contributed by atoms with E-state index in [-0.39, 0.29) is 6.10 Å². The van der Waals surface area contributed by atoms with Crippen LogP contribution < -0.4 is 15.4 Å². The summed E-state index contributed by atoms with van der Waals surface area (Å²) in [6, 6.07) is 8.10. The lowest BCUT2D eigenvalue weighted by molar-refractivity contribution is 0.223. The van der Waals surface area contributed by atoms with Crippen LogP contribution in [0.2, 0.25) is 0 Å². The highest BCUT2D eigenvalue weighted by atomic mass is 32.1. The van der Waals surface area contributed by atoms with Gasteiger partial charge in [-0.2, -0.15) is 0 Å². The average molecular weight is 361 g/mol. The molecular formula is C19H28N4OS. The van der Waals surface area contributed by atoms with E-state index in [1.165, 1.54) is 10.6 Å². The SMILES string of the molecule is CN=C(NCCCc1nc(C)cs1)NCC(C)Oc1cccc(C)c1. The molecule has 0 aliphatic rings. The van der Waals surface area contributed by atoms with Gasteiger partial charge < -0.3 is 15.4 Å². The first kappa shape index (κ1) is 19.2. The predicted molar refractivity (Wildman–Crippen MR) is 106 cm³/mol. The number of thiazole rings is 1. The summed E-state index contributed by atoms with van der Waals surface area (Å²) in [7, 11) is 1.78. The van der Waals surface area contributed by atoms with Crippen molar-refractivity contribution in [1.29, 1.82) is 0 Å². The van der Waals surface area contributed by atoms with Crippen molar-refractivity contribution in [3.05, 3.63) is 45.9 Å². The quantitative estimate of drug-likeness (QED) is 0.431. The molecule has 1 atom stereocenters. The molecule has 0 aliphatic heterocycles. The molecule has 2 N–H and O–H groups in total. The Morgan fingerprint density at radius 1 is 1.32 bits per heavy atom. The van der Waals surface area contributed by atoms with E-state index in [1.54, 1.807) is 18.4 Å². The van der Waals surface area contributed by atoms with E-state index in [0.29, 0.717) is 6.54 Å². The van der Waals surface area contributed by atoms with E-state index in [1.807, 2.05) is 32.0 Å². The second kappa shape index (κ2) is 10.0. The minimum absolute atomic E-state index is 0.0543. The van der Waals surface area contributed by atoms with E-state index in [0.717, 1.165) is 36.8 Å². The Bertz CT molecular complexity index is 684. The summed E-state index contributed by atoms with van der Waals surface area (Å²) in [4.78, 5) is 8.74. The van der Waals surface area contributed by atoms with E-state index in [9.17, 15) is 0 Å². The molecule has 0 saturated carbocycles. The van der Waals surface area contributed by atoms with Crippen LogP contribution in [0.1, 0.15) is 29.6 Å². The van der Waals surface area contributed by atoms with Gasteiger partial charge in [0.25, 0.3) is 0 Å². The molecule has 0 radical (unpaired) electrons. The lowest BCUT2D eigenvalue weighted by Crippen LogP contribution is -2.42. The van der Waals surface area contributed by atoms with Gasteiger partial charge in [0.15, 0.2) is 5.96 Å². The fourth-order valence-electron chi connectivity index (χ4n) is 2.39. The summed E-state index contributed by atoms with van der Waals surface area (Å²) in [6.45, 7) is 7.71. The molecule has 0 aliphatic carbocycles. The number of hydrogen-bond acceptors (Lipinski definition) is 4. The summed E-state index contributed by atoms with van der Waals surface area (Å²) >= 11 is 1.73. The summed E-state index contributed by atoms with van der Waals surface area (Å²) in [5.41, 5.74) is 2.30. The fourth-order valence-corrected chi connectivity index (χ4v) is 3.21. The first-order valence-corrected chi connectivity index (χ1v) is 9.53. The van der Waals surface area contributed by atoms with Gasteiger partial charge in [-0.1, -0.05) is 12.1 Å². The lowest BCUT2D eigenvalue weighted by atomic mass is 10.2. The Labute approximate surface area is 154 Å². The number of aromatic nitrogens is 1. The number of nitrogens with zero attached hydrogens (tertiary/aromatic N) is 2. The first-order valence-electron chi connectivity index (χ1n) is 8.65. The molecular weight excluding hydrogens is 332 g/mol. The summed E-state index contributed by atoms with van der Waals surface area (Å²) in [5, 5.41) is 9.94. The van der Waals surface area contributed by atoms with Crippen molar-refractivity contribution in [2.24, 2.45) is 4.99 Å². The fraction of sp³-hybridized carbons (Fsp3) is 0.474. The number of hydrogen-bond donors (Lipinski definition) is 2. The summed E-state index contributed by atoms with van der Waals surface area (Å²) in [5.74, 6) is 1.70. The van der Waals surface area contributed by atoms with E-state index < -0.39 is 0 Å². The highest BCUT2D eigenvalue weighted by molar-refractivity contribution is 7.09. The number of aliphatic imine (C=N–C) groups is 1. The van der Waals surface area contributed by atoms with Crippen molar-refractivity contribution in [2.45, 2.75) is 39.7 Å². The van der Waals surface area contributed by atoms with Crippen LogP contribution in [0.25, 0.3) is 0 Å². The van der Waals surface area contributed by atoms with Crippen LogP contribution in [0.3, 0.4) is 0 Å². The van der Waals surface area contributed by atoms with Crippen LogP contribution >= 0.6 is 11.3 Å². The van der Waals surface area contributed by atoms with Gasteiger partial charge >= 0.3 is 0 Å². The Morgan fingerprint density at radius 2 is 2.16 bits per heavy atom. The van der Waals surface area contributed by atoms with Crippen LogP contribution in [0.4, 0.5) is 0 Å². The van der Waals surface area contributed by atoms with Gasteiger partial charge in [-0.25, -0.2) is 4.98 Å². The number of aryl methyl sites for hydroxylation is 3. The molecule has 1 aromatic heterocycles. The monoisotopic (exact) mass is 360 g/mol. The third kappa shape index (κ3) is 7.13. The van der Waals surface area contributed by atoms with Crippen LogP contribution in [-0.4, -0.2) is 37.2 Å². The standard InChI is InChI=1S/C19H28N4OS/c1-14-7-5-8-17(11-14)24-16(3)12-22-19(20-4)21-10-6-9-18-23-15(2)13-25-18/h5,7-8,11,13,16H,6,9-10,12H2,1-4H3,(H2,20,21,22). The van der Waals surface area contributed by atoms with Gasteiger partial charge in [0.1, 0.15) is 11.9 Å². The normalized spacial score (nSPS) is 12.7. The Hall–Kier alpha value is -2.08. The van der Waals surface area contributed by atoms with Gasteiger partial charge in [0, 0.05) is 31.1 Å². The van der Waals surface area contributed by atoms with Gasteiger partial charge in [0.05, 0.1) is 11.6 Å². The second-order valence-electron chi connectivity index (χ2n) is 6.11. The van der Waals surface area contributed by atoms with Crippen molar-refractivity contribution in [3.8, 4) is 5.75 Å². The van der Waals surface area contributed by atoms with Crippen molar-refractivity contribution < 1.29 is 4.74 Å². The Balaban J connectivity index is 1.65. The highest BCUT2D eigenvalue weighted by Gasteiger charge is 2.06. The van der Waals surface area contributed by atoms with Crippen molar-refractivity contribution in [2.75, 3.05) is 20.1 Å². The zero-order valence-corrected chi connectivity index (χ0v) is 16.3. The predicted octanol–water partition coefficient (Wildman–Crippen LogP) is 3.33. The number of ether oxygens (including phenoxy) is 1. The molecule has 0 bridgehead atoms. The number of guanidine groups is 1. The molecule has 0 spiro atoms. The molecule has 0 amide bonds. The highest BCUT2D eigenvalue weighted by Crippen LogP contribution is 2.14. The summed E-state index contributed by atoms with van der Waals surface area (Å²) < 4.78 is 5.92. The zero-order chi connectivity index (χ0) is 18.1.